The average molecular weight is 428 g/mol. The van der Waals surface area contributed by atoms with E-state index in [1.165, 1.54) is 6.42 Å². The van der Waals surface area contributed by atoms with Gasteiger partial charge in [-0.15, -0.1) is 24.8 Å². The second kappa shape index (κ2) is 10.0. The molecule has 2 aliphatic heterocycles. The molecule has 28 heavy (non-hydrogen) atoms. The third-order valence-corrected chi connectivity index (χ3v) is 4.97. The zero-order valence-corrected chi connectivity index (χ0v) is 17.0. The Kier molecular flexibility index (Phi) is 7.98. The number of anilines is 2. The van der Waals surface area contributed by atoms with Crippen LogP contribution in [0.1, 0.15) is 40.9 Å². The summed E-state index contributed by atoms with van der Waals surface area (Å²) in [7, 11) is 0. The number of amides is 1. The van der Waals surface area contributed by atoms with Gasteiger partial charge in [-0.2, -0.15) is 0 Å². The van der Waals surface area contributed by atoms with E-state index in [0.717, 1.165) is 38.0 Å². The number of aromatic nitrogens is 2. The molecule has 1 amide bonds. The molecule has 0 spiro atoms. The van der Waals surface area contributed by atoms with Gasteiger partial charge in [-0.05, 0) is 55.5 Å². The fourth-order valence-corrected chi connectivity index (χ4v) is 3.54. The van der Waals surface area contributed by atoms with Gasteiger partial charge in [-0.25, -0.2) is 14.4 Å². The minimum atomic E-state index is -0.418. The highest BCUT2D eigenvalue weighted by molar-refractivity contribution is 6.03. The highest BCUT2D eigenvalue weighted by Crippen LogP contribution is 2.25. The van der Waals surface area contributed by atoms with Crippen molar-refractivity contribution in [2.45, 2.75) is 32.2 Å². The van der Waals surface area contributed by atoms with Crippen molar-refractivity contribution >= 4 is 42.4 Å². The molecule has 2 aliphatic rings. The molecule has 2 N–H and O–H groups in total. The van der Waals surface area contributed by atoms with Crippen LogP contribution < -0.4 is 15.5 Å². The lowest BCUT2D eigenvalue weighted by molar-refractivity contribution is 0.102. The summed E-state index contributed by atoms with van der Waals surface area (Å²) in [5.74, 6) is -0.199. The number of piperidine rings is 1. The van der Waals surface area contributed by atoms with Gasteiger partial charge in [-0.3, -0.25) is 4.79 Å². The zero-order chi connectivity index (χ0) is 17.9. The van der Waals surface area contributed by atoms with E-state index in [1.807, 2.05) is 6.07 Å². The summed E-state index contributed by atoms with van der Waals surface area (Å²) in [6.07, 6.45) is 5.63. The van der Waals surface area contributed by atoms with Gasteiger partial charge in [0.05, 0.1) is 5.69 Å². The predicted molar refractivity (Wildman–Crippen MR) is 112 cm³/mol. The largest absolute Gasteiger partial charge is 0.341 e. The van der Waals surface area contributed by atoms with E-state index in [-0.39, 0.29) is 42.0 Å². The van der Waals surface area contributed by atoms with E-state index in [0.29, 0.717) is 24.5 Å². The van der Waals surface area contributed by atoms with Crippen molar-refractivity contribution in [2.75, 3.05) is 29.9 Å². The third kappa shape index (κ3) is 4.71. The number of fused-ring (bicyclic) bond motifs is 1. The Morgan fingerprint density at radius 3 is 2.71 bits per heavy atom. The van der Waals surface area contributed by atoms with E-state index in [2.05, 4.69) is 25.5 Å². The Labute approximate surface area is 176 Å². The van der Waals surface area contributed by atoms with Crippen molar-refractivity contribution in [3.63, 3.8) is 0 Å². The number of rotatable bonds is 3. The number of carbonyl (C=O) groups is 1. The summed E-state index contributed by atoms with van der Waals surface area (Å²) in [5.41, 5.74) is 2.08. The second-order valence-corrected chi connectivity index (χ2v) is 6.74. The van der Waals surface area contributed by atoms with Crippen LogP contribution in [0.2, 0.25) is 0 Å². The van der Waals surface area contributed by atoms with Crippen LogP contribution in [0.15, 0.2) is 24.4 Å². The van der Waals surface area contributed by atoms with E-state index in [1.54, 1.807) is 18.3 Å². The monoisotopic (exact) mass is 427 g/mol. The number of halogens is 3. The normalized spacial score (nSPS) is 15.7. The molecule has 6 nitrogen and oxygen atoms in total. The maximum atomic E-state index is 14.7. The van der Waals surface area contributed by atoms with E-state index >= 15 is 0 Å². The van der Waals surface area contributed by atoms with Gasteiger partial charge >= 0.3 is 0 Å². The molecule has 9 heteroatoms. The van der Waals surface area contributed by atoms with E-state index < -0.39 is 5.91 Å². The van der Waals surface area contributed by atoms with Gasteiger partial charge in [0.1, 0.15) is 11.5 Å². The van der Waals surface area contributed by atoms with Gasteiger partial charge in [0.25, 0.3) is 5.91 Å². The first-order valence-electron chi connectivity index (χ1n) is 9.13. The van der Waals surface area contributed by atoms with E-state index in [9.17, 15) is 9.18 Å². The quantitative estimate of drug-likeness (QED) is 0.785. The molecular weight excluding hydrogens is 404 g/mol. The first-order chi connectivity index (χ1) is 12.7. The fourth-order valence-electron chi connectivity index (χ4n) is 3.54. The van der Waals surface area contributed by atoms with Crippen molar-refractivity contribution in [1.29, 1.82) is 0 Å². The average Bonchev–Trinajstić information content (AvgIpc) is 2.71. The molecule has 1 aromatic carbocycles. The predicted octanol–water partition coefficient (Wildman–Crippen LogP) is 3.35. The van der Waals surface area contributed by atoms with Crippen LogP contribution in [0.25, 0.3) is 0 Å². The maximum absolute atomic E-state index is 14.7. The lowest BCUT2D eigenvalue weighted by Crippen LogP contribution is -2.31. The van der Waals surface area contributed by atoms with Gasteiger partial charge in [0.2, 0.25) is 5.95 Å². The van der Waals surface area contributed by atoms with Gasteiger partial charge in [-0.1, -0.05) is 6.07 Å². The Bertz CT molecular complexity index is 830. The fraction of sp³-hybridized carbons (Fsp3) is 0.421. The van der Waals surface area contributed by atoms with Crippen LogP contribution >= 0.6 is 24.8 Å². The lowest BCUT2D eigenvalue weighted by Gasteiger charge is -2.26. The van der Waals surface area contributed by atoms with Gasteiger partial charge in [0.15, 0.2) is 0 Å². The highest BCUT2D eigenvalue weighted by Gasteiger charge is 2.20. The smallest absolute Gasteiger partial charge is 0.274 e. The number of benzene rings is 1. The third-order valence-electron chi connectivity index (χ3n) is 4.97. The summed E-state index contributed by atoms with van der Waals surface area (Å²) < 4.78 is 14.7. The molecule has 0 aliphatic carbocycles. The number of hydrogen-bond acceptors (Lipinski definition) is 5. The van der Waals surface area contributed by atoms with Crippen LogP contribution in [0.3, 0.4) is 0 Å². The van der Waals surface area contributed by atoms with Crippen molar-refractivity contribution < 1.29 is 9.18 Å². The van der Waals surface area contributed by atoms with Gasteiger partial charge in [0, 0.05) is 25.8 Å². The van der Waals surface area contributed by atoms with Crippen LogP contribution in [0.4, 0.5) is 16.0 Å². The molecule has 4 rings (SSSR count). The summed E-state index contributed by atoms with van der Waals surface area (Å²) in [4.78, 5) is 23.3. The minimum absolute atomic E-state index is 0. The molecule has 0 radical (unpaired) electrons. The number of nitrogens with one attached hydrogen (secondary N) is 2. The Morgan fingerprint density at radius 1 is 1.14 bits per heavy atom. The standard InChI is InChI=1S/C19H22FN5O.2ClH/c20-17-14-6-8-21-12-13(14)4-5-15(17)23-18(26)16-7-9-22-19(24-16)25-10-2-1-3-11-25;;/h4-5,7,9,21H,1-3,6,8,10-12H2,(H,23,26);2*1H. The topological polar surface area (TPSA) is 70.2 Å². The van der Waals surface area contributed by atoms with Gasteiger partial charge < -0.3 is 15.5 Å². The summed E-state index contributed by atoms with van der Waals surface area (Å²) >= 11 is 0. The first-order valence-corrected chi connectivity index (χ1v) is 9.13. The molecule has 1 aromatic heterocycles. The summed E-state index contributed by atoms with van der Waals surface area (Å²) in [6.45, 7) is 3.20. The Hall–Kier alpha value is -1.96. The number of nitrogens with zero attached hydrogens (tertiary/aromatic N) is 3. The molecule has 1 fully saturated rings. The molecule has 1 saturated heterocycles. The van der Waals surface area contributed by atoms with Crippen LogP contribution in [0, 0.1) is 5.82 Å². The van der Waals surface area contributed by atoms with Crippen LogP contribution in [-0.2, 0) is 13.0 Å². The summed E-state index contributed by atoms with van der Waals surface area (Å²) in [6, 6.07) is 5.04. The maximum Gasteiger partial charge on any atom is 0.274 e. The van der Waals surface area contributed by atoms with E-state index in [4.69, 9.17) is 0 Å². The molecular formula is C19H24Cl2FN5O. The Balaban J connectivity index is 0.00000140. The first kappa shape index (κ1) is 22.3. The number of carbonyl (C=O) groups excluding carboxylic acids is 1. The van der Waals surface area contributed by atoms with Crippen LogP contribution in [-0.4, -0.2) is 35.5 Å². The lowest BCUT2D eigenvalue weighted by atomic mass is 9.99. The minimum Gasteiger partial charge on any atom is -0.341 e. The molecule has 2 aromatic rings. The molecule has 0 atom stereocenters. The molecule has 0 saturated carbocycles. The number of hydrogen-bond donors (Lipinski definition) is 2. The highest BCUT2D eigenvalue weighted by atomic mass is 35.5. The second-order valence-electron chi connectivity index (χ2n) is 6.74. The van der Waals surface area contributed by atoms with Crippen LogP contribution in [0.5, 0.6) is 0 Å². The van der Waals surface area contributed by atoms with Crippen molar-refractivity contribution in [2.24, 2.45) is 0 Å². The van der Waals surface area contributed by atoms with Crippen molar-refractivity contribution in [1.82, 2.24) is 15.3 Å². The van der Waals surface area contributed by atoms with Crippen molar-refractivity contribution in [3.05, 3.63) is 47.0 Å². The molecule has 0 bridgehead atoms. The molecule has 0 unspecified atom stereocenters. The molecule has 152 valence electrons. The molecule has 3 heterocycles. The van der Waals surface area contributed by atoms with Crippen molar-refractivity contribution in [3.8, 4) is 0 Å². The zero-order valence-electron chi connectivity index (χ0n) is 15.4. The SMILES string of the molecule is Cl.Cl.O=C(Nc1ccc2c(c1F)CCNC2)c1ccnc(N2CCCCC2)n1. The summed E-state index contributed by atoms with van der Waals surface area (Å²) in [5, 5.41) is 5.88. The Morgan fingerprint density at radius 2 is 1.93 bits per heavy atom.